The maximum atomic E-state index is 10.9. The summed E-state index contributed by atoms with van der Waals surface area (Å²) in [6, 6.07) is 6.74. The highest BCUT2D eigenvalue weighted by molar-refractivity contribution is 5.92. The minimum atomic E-state index is -0.487. The molecule has 0 unspecified atom stereocenters. The van der Waals surface area contributed by atoms with E-state index in [-0.39, 0.29) is 5.82 Å². The average molecular weight is 260 g/mol. The molecule has 2 rings (SSSR count). The summed E-state index contributed by atoms with van der Waals surface area (Å²) in [4.78, 5) is 25.2. The van der Waals surface area contributed by atoms with Crippen molar-refractivity contribution in [1.29, 1.82) is 0 Å². The number of hydrogen-bond acceptors (Lipinski definition) is 4. The van der Waals surface area contributed by atoms with Crippen LogP contribution in [0.1, 0.15) is 21.7 Å². The molecule has 0 fully saturated rings. The van der Waals surface area contributed by atoms with Crippen molar-refractivity contribution in [2.75, 3.05) is 0 Å². The molecule has 1 heterocycles. The van der Waals surface area contributed by atoms with E-state index in [0.29, 0.717) is 17.8 Å². The van der Waals surface area contributed by atoms with Crippen molar-refractivity contribution in [2.24, 2.45) is 12.8 Å². The molecule has 0 aliphatic carbocycles. The van der Waals surface area contributed by atoms with E-state index in [0.717, 1.165) is 5.56 Å². The van der Waals surface area contributed by atoms with E-state index in [2.05, 4.69) is 4.98 Å². The molecule has 2 aromatic rings. The van der Waals surface area contributed by atoms with Crippen LogP contribution in [0, 0.1) is 10.1 Å². The fraction of sp³-hybridized carbons (Fsp3) is 0.167. The second-order valence-corrected chi connectivity index (χ2v) is 4.09. The highest BCUT2D eigenvalue weighted by Crippen LogP contribution is 2.15. The standard InChI is InChI=1S/C12H12N4O3/c1-15-10(14-7-11(15)16(18)19)6-8-2-4-9(5-3-8)12(13)17/h2-5,7H,6H2,1H3,(H2,13,17). The number of nitrogens with two attached hydrogens (primary N) is 1. The lowest BCUT2D eigenvalue weighted by Crippen LogP contribution is -2.10. The number of nitrogens with zero attached hydrogens (tertiary/aromatic N) is 3. The van der Waals surface area contributed by atoms with Crippen molar-refractivity contribution < 1.29 is 9.72 Å². The molecule has 0 bridgehead atoms. The van der Waals surface area contributed by atoms with Crippen LogP contribution in [0.3, 0.4) is 0 Å². The van der Waals surface area contributed by atoms with Gasteiger partial charge in [0.15, 0.2) is 0 Å². The third kappa shape index (κ3) is 2.59. The van der Waals surface area contributed by atoms with E-state index in [1.807, 2.05) is 0 Å². The largest absolute Gasteiger partial charge is 0.366 e. The predicted octanol–water partition coefficient (Wildman–Crippen LogP) is 1.02. The SMILES string of the molecule is Cn1c([N+](=O)[O-])cnc1Cc1ccc(C(N)=O)cc1. The van der Waals surface area contributed by atoms with Gasteiger partial charge in [-0.05, 0) is 22.6 Å². The number of primary amides is 1. The Morgan fingerprint density at radius 3 is 2.53 bits per heavy atom. The summed E-state index contributed by atoms with van der Waals surface area (Å²) in [6.07, 6.45) is 1.68. The van der Waals surface area contributed by atoms with E-state index in [1.165, 1.54) is 10.8 Å². The van der Waals surface area contributed by atoms with Gasteiger partial charge in [-0.1, -0.05) is 12.1 Å². The number of imidazole rings is 1. The minimum Gasteiger partial charge on any atom is -0.366 e. The molecular formula is C12H12N4O3. The number of amides is 1. The number of benzene rings is 1. The maximum absolute atomic E-state index is 10.9. The highest BCUT2D eigenvalue weighted by Gasteiger charge is 2.16. The zero-order valence-electron chi connectivity index (χ0n) is 10.2. The first kappa shape index (κ1) is 12.7. The van der Waals surface area contributed by atoms with Crippen molar-refractivity contribution in [2.45, 2.75) is 6.42 Å². The lowest BCUT2D eigenvalue weighted by atomic mass is 10.1. The molecule has 0 aliphatic heterocycles. The van der Waals surface area contributed by atoms with Crippen LogP contribution >= 0.6 is 0 Å². The second-order valence-electron chi connectivity index (χ2n) is 4.09. The van der Waals surface area contributed by atoms with Crippen LogP contribution in [0.25, 0.3) is 0 Å². The number of carbonyl (C=O) groups excluding carboxylic acids is 1. The maximum Gasteiger partial charge on any atom is 0.342 e. The van der Waals surface area contributed by atoms with Crippen LogP contribution < -0.4 is 5.73 Å². The van der Waals surface area contributed by atoms with E-state index in [9.17, 15) is 14.9 Å². The van der Waals surface area contributed by atoms with Crippen LogP contribution in [0.4, 0.5) is 5.82 Å². The Morgan fingerprint density at radius 1 is 1.42 bits per heavy atom. The summed E-state index contributed by atoms with van der Waals surface area (Å²) in [6.45, 7) is 0. The van der Waals surface area contributed by atoms with Gasteiger partial charge in [0.1, 0.15) is 6.20 Å². The fourth-order valence-corrected chi connectivity index (χ4v) is 1.74. The molecule has 7 heteroatoms. The van der Waals surface area contributed by atoms with Crippen LogP contribution in [-0.4, -0.2) is 20.4 Å². The first-order valence-corrected chi connectivity index (χ1v) is 5.52. The van der Waals surface area contributed by atoms with Crippen molar-refractivity contribution in [1.82, 2.24) is 9.55 Å². The van der Waals surface area contributed by atoms with Gasteiger partial charge >= 0.3 is 5.82 Å². The van der Waals surface area contributed by atoms with E-state index >= 15 is 0 Å². The van der Waals surface area contributed by atoms with Gasteiger partial charge in [0.2, 0.25) is 11.7 Å². The van der Waals surface area contributed by atoms with E-state index < -0.39 is 10.8 Å². The van der Waals surface area contributed by atoms with Crippen LogP contribution in [0.15, 0.2) is 30.5 Å². The minimum absolute atomic E-state index is 0.0521. The van der Waals surface area contributed by atoms with Gasteiger partial charge in [-0.25, -0.2) is 9.55 Å². The first-order chi connectivity index (χ1) is 8.99. The van der Waals surface area contributed by atoms with Crippen molar-refractivity contribution in [3.05, 3.63) is 57.5 Å². The molecule has 0 spiro atoms. The lowest BCUT2D eigenvalue weighted by Gasteiger charge is -2.01. The Morgan fingerprint density at radius 2 is 2.05 bits per heavy atom. The molecular weight excluding hydrogens is 248 g/mol. The molecule has 7 nitrogen and oxygen atoms in total. The Kier molecular flexibility index (Phi) is 3.28. The Hall–Kier alpha value is -2.70. The molecule has 98 valence electrons. The second kappa shape index (κ2) is 4.89. The lowest BCUT2D eigenvalue weighted by molar-refractivity contribution is -0.391. The molecule has 0 radical (unpaired) electrons. The average Bonchev–Trinajstić information content (AvgIpc) is 2.72. The van der Waals surface area contributed by atoms with Gasteiger partial charge in [-0.3, -0.25) is 4.79 Å². The molecule has 0 saturated carbocycles. The molecule has 0 saturated heterocycles. The Balaban J connectivity index is 2.21. The van der Waals surface area contributed by atoms with Gasteiger partial charge in [-0.2, -0.15) is 0 Å². The van der Waals surface area contributed by atoms with Gasteiger partial charge in [0, 0.05) is 5.56 Å². The summed E-state index contributed by atoms with van der Waals surface area (Å²) in [5.41, 5.74) is 6.47. The summed E-state index contributed by atoms with van der Waals surface area (Å²) >= 11 is 0. The topological polar surface area (TPSA) is 104 Å². The molecule has 1 aromatic carbocycles. The van der Waals surface area contributed by atoms with Gasteiger partial charge in [0.25, 0.3) is 0 Å². The van der Waals surface area contributed by atoms with Crippen molar-refractivity contribution in [3.63, 3.8) is 0 Å². The molecule has 1 amide bonds. The molecule has 0 aliphatic rings. The summed E-state index contributed by atoms with van der Waals surface area (Å²) in [5, 5.41) is 10.7. The van der Waals surface area contributed by atoms with Gasteiger partial charge in [-0.15, -0.1) is 0 Å². The fourth-order valence-electron chi connectivity index (χ4n) is 1.74. The van der Waals surface area contributed by atoms with Gasteiger partial charge < -0.3 is 15.8 Å². The molecule has 19 heavy (non-hydrogen) atoms. The van der Waals surface area contributed by atoms with Crippen LogP contribution in [-0.2, 0) is 13.5 Å². The molecule has 2 N–H and O–H groups in total. The number of nitro groups is 1. The third-order valence-corrected chi connectivity index (χ3v) is 2.85. The molecule has 0 atom stereocenters. The quantitative estimate of drug-likeness (QED) is 0.654. The van der Waals surface area contributed by atoms with Crippen LogP contribution in [0.5, 0.6) is 0 Å². The predicted molar refractivity (Wildman–Crippen MR) is 67.6 cm³/mol. The number of carbonyl (C=O) groups is 1. The van der Waals surface area contributed by atoms with Gasteiger partial charge in [0.05, 0.1) is 13.5 Å². The number of rotatable bonds is 4. The normalized spacial score (nSPS) is 10.4. The zero-order chi connectivity index (χ0) is 14.0. The van der Waals surface area contributed by atoms with Crippen molar-refractivity contribution >= 4 is 11.7 Å². The summed E-state index contributed by atoms with van der Waals surface area (Å²) in [7, 11) is 1.60. The monoisotopic (exact) mass is 260 g/mol. The highest BCUT2D eigenvalue weighted by atomic mass is 16.6. The Bertz CT molecular complexity index is 631. The number of aromatic nitrogens is 2. The third-order valence-electron chi connectivity index (χ3n) is 2.85. The van der Waals surface area contributed by atoms with E-state index in [4.69, 9.17) is 5.73 Å². The zero-order valence-corrected chi connectivity index (χ0v) is 10.2. The summed E-state index contributed by atoms with van der Waals surface area (Å²) in [5.74, 6) is 0.0430. The smallest absolute Gasteiger partial charge is 0.342 e. The molecule has 1 aromatic heterocycles. The summed E-state index contributed by atoms with van der Waals surface area (Å²) < 4.78 is 1.43. The van der Waals surface area contributed by atoms with Crippen LogP contribution in [0.2, 0.25) is 0 Å². The van der Waals surface area contributed by atoms with Crippen molar-refractivity contribution in [3.8, 4) is 0 Å². The van der Waals surface area contributed by atoms with E-state index in [1.54, 1.807) is 31.3 Å². The first-order valence-electron chi connectivity index (χ1n) is 5.52. The Labute approximate surface area is 108 Å². The number of hydrogen-bond donors (Lipinski definition) is 1.